The molecule has 0 aliphatic heterocycles. The van der Waals surface area contributed by atoms with Crippen molar-refractivity contribution >= 4 is 14.4 Å². The molecule has 1 rings (SSSR count). The second kappa shape index (κ2) is 7.90. The molecule has 0 saturated carbocycles. The van der Waals surface area contributed by atoms with Gasteiger partial charge in [-0.2, -0.15) is 0 Å². The van der Waals surface area contributed by atoms with Gasteiger partial charge in [0, 0.05) is 13.7 Å². The Hall–Kier alpha value is -1.32. The first kappa shape index (κ1) is 14.7. The minimum atomic E-state index is -1.44. The van der Waals surface area contributed by atoms with Crippen LogP contribution in [0.4, 0.5) is 0 Å². The maximum atomic E-state index is 5.47. The van der Waals surface area contributed by atoms with Crippen LogP contribution >= 0.6 is 0 Å². The molecule has 0 saturated heterocycles. The number of allylic oxidation sites excluding steroid dienone is 1. The fourth-order valence-electron chi connectivity index (χ4n) is 1.40. The van der Waals surface area contributed by atoms with Gasteiger partial charge in [0.2, 0.25) is 0 Å². The van der Waals surface area contributed by atoms with Gasteiger partial charge in [-0.25, -0.2) is 0 Å². The number of hydrogen-bond donors (Lipinski definition) is 1. The molecule has 0 heterocycles. The smallest absolute Gasteiger partial charge is 0.189 e. The van der Waals surface area contributed by atoms with Crippen molar-refractivity contribution in [3.8, 4) is 0 Å². The van der Waals surface area contributed by atoms with Crippen LogP contribution in [0.5, 0.6) is 0 Å². The number of nitrogens with one attached hydrogen (secondary N) is 1. The van der Waals surface area contributed by atoms with Crippen LogP contribution in [0.3, 0.4) is 0 Å². The minimum Gasteiger partial charge on any atom is -0.420 e. The molecule has 0 atom stereocenters. The molecule has 0 aliphatic carbocycles. The fourth-order valence-corrected chi connectivity index (χ4v) is 2.26. The lowest BCUT2D eigenvalue weighted by atomic mass is 10.2. The molecule has 1 aromatic rings. The Morgan fingerprint density at radius 3 is 2.56 bits per heavy atom. The van der Waals surface area contributed by atoms with Crippen LogP contribution in [0, 0.1) is 0 Å². The molecule has 2 nitrogen and oxygen atoms in total. The molecule has 1 N–H and O–H groups in total. The molecular weight excluding hydrogens is 238 g/mol. The van der Waals surface area contributed by atoms with Crippen LogP contribution in [0.25, 0.3) is 6.08 Å². The van der Waals surface area contributed by atoms with E-state index in [4.69, 9.17) is 4.43 Å². The lowest BCUT2D eigenvalue weighted by molar-refractivity contribution is 0.407. The van der Waals surface area contributed by atoms with Crippen LogP contribution < -0.4 is 5.32 Å². The van der Waals surface area contributed by atoms with Crippen molar-refractivity contribution in [2.75, 3.05) is 13.7 Å². The van der Waals surface area contributed by atoms with E-state index in [0.29, 0.717) is 0 Å². The molecule has 0 spiro atoms. The molecular formula is C15H23NOSi. The zero-order valence-corrected chi connectivity index (χ0v) is 12.5. The first-order valence-electron chi connectivity index (χ1n) is 6.29. The Labute approximate surface area is 112 Å². The SMILES string of the molecule is CO[Si](C)(C)CC=CNCC=Cc1ccccc1. The number of rotatable bonds is 7. The molecule has 0 aromatic heterocycles. The summed E-state index contributed by atoms with van der Waals surface area (Å²) in [6.45, 7) is 5.28. The van der Waals surface area contributed by atoms with Crippen LogP contribution in [-0.2, 0) is 4.43 Å². The van der Waals surface area contributed by atoms with Crippen LogP contribution in [0.15, 0.2) is 48.7 Å². The lowest BCUT2D eigenvalue weighted by Crippen LogP contribution is -2.27. The first-order valence-corrected chi connectivity index (χ1v) is 9.41. The molecule has 98 valence electrons. The third-order valence-electron chi connectivity index (χ3n) is 2.74. The van der Waals surface area contributed by atoms with Gasteiger partial charge in [-0.3, -0.25) is 0 Å². The van der Waals surface area contributed by atoms with Gasteiger partial charge >= 0.3 is 0 Å². The summed E-state index contributed by atoms with van der Waals surface area (Å²) in [6, 6.07) is 11.4. The van der Waals surface area contributed by atoms with Crippen LogP contribution in [0.2, 0.25) is 19.1 Å². The summed E-state index contributed by atoms with van der Waals surface area (Å²) in [6.07, 6.45) is 8.42. The van der Waals surface area contributed by atoms with Crippen molar-refractivity contribution in [3.05, 3.63) is 54.2 Å². The second-order valence-corrected chi connectivity index (χ2v) is 9.13. The van der Waals surface area contributed by atoms with E-state index in [1.54, 1.807) is 7.11 Å². The number of hydrogen-bond acceptors (Lipinski definition) is 2. The summed E-state index contributed by atoms with van der Waals surface area (Å²) >= 11 is 0. The van der Waals surface area contributed by atoms with Crippen molar-refractivity contribution in [3.63, 3.8) is 0 Å². The average molecular weight is 261 g/mol. The van der Waals surface area contributed by atoms with Gasteiger partial charge in [-0.15, -0.1) is 0 Å². The Morgan fingerprint density at radius 1 is 1.17 bits per heavy atom. The highest BCUT2D eigenvalue weighted by Crippen LogP contribution is 2.09. The summed E-state index contributed by atoms with van der Waals surface area (Å²) in [7, 11) is 0.358. The Bertz CT molecular complexity index is 385. The summed E-state index contributed by atoms with van der Waals surface area (Å²) in [5, 5.41) is 3.25. The van der Waals surface area contributed by atoms with Crippen molar-refractivity contribution in [2.45, 2.75) is 19.1 Å². The van der Waals surface area contributed by atoms with Crippen LogP contribution in [-0.4, -0.2) is 22.0 Å². The molecule has 0 bridgehead atoms. The second-order valence-electron chi connectivity index (χ2n) is 4.79. The average Bonchev–Trinajstić information content (AvgIpc) is 2.39. The van der Waals surface area contributed by atoms with Gasteiger partial charge in [-0.1, -0.05) is 48.6 Å². The van der Waals surface area contributed by atoms with Crippen molar-refractivity contribution < 1.29 is 4.43 Å². The van der Waals surface area contributed by atoms with E-state index >= 15 is 0 Å². The van der Waals surface area contributed by atoms with Gasteiger partial charge in [0.25, 0.3) is 0 Å². The predicted molar refractivity (Wildman–Crippen MR) is 81.9 cm³/mol. The summed E-state index contributed by atoms with van der Waals surface area (Å²) < 4.78 is 5.47. The van der Waals surface area contributed by atoms with Crippen molar-refractivity contribution in [2.24, 2.45) is 0 Å². The topological polar surface area (TPSA) is 21.3 Å². The summed E-state index contributed by atoms with van der Waals surface area (Å²) in [5.74, 6) is 0. The standard InChI is InChI=1S/C15H23NOSi/c1-17-18(2,3)14-8-13-16-12-7-11-15-9-5-4-6-10-15/h4-11,13,16H,12,14H2,1-3H3. The first-order chi connectivity index (χ1) is 8.64. The molecule has 0 amide bonds. The predicted octanol–water partition coefficient (Wildman–Crippen LogP) is 3.65. The van der Waals surface area contributed by atoms with E-state index in [-0.39, 0.29) is 0 Å². The molecule has 0 unspecified atom stereocenters. The van der Waals surface area contributed by atoms with Crippen molar-refractivity contribution in [1.29, 1.82) is 0 Å². The molecule has 1 aromatic carbocycles. The van der Waals surface area contributed by atoms with Crippen molar-refractivity contribution in [1.82, 2.24) is 5.32 Å². The molecule has 0 aliphatic rings. The van der Waals surface area contributed by atoms with Gasteiger partial charge < -0.3 is 9.74 Å². The van der Waals surface area contributed by atoms with Gasteiger partial charge in [0.15, 0.2) is 8.32 Å². The zero-order valence-electron chi connectivity index (χ0n) is 11.5. The summed E-state index contributed by atoms with van der Waals surface area (Å²) in [5.41, 5.74) is 1.23. The quantitative estimate of drug-likeness (QED) is 0.597. The zero-order chi connectivity index (χ0) is 13.3. The lowest BCUT2D eigenvalue weighted by Gasteiger charge is -2.17. The van der Waals surface area contributed by atoms with Gasteiger partial charge in [-0.05, 0) is 30.9 Å². The largest absolute Gasteiger partial charge is 0.420 e. The Morgan fingerprint density at radius 2 is 1.89 bits per heavy atom. The van der Waals surface area contributed by atoms with E-state index in [0.717, 1.165) is 12.6 Å². The van der Waals surface area contributed by atoms with E-state index < -0.39 is 8.32 Å². The normalized spacial score (nSPS) is 12.4. The maximum Gasteiger partial charge on any atom is 0.189 e. The highest BCUT2D eigenvalue weighted by Gasteiger charge is 2.17. The maximum absolute atomic E-state index is 5.47. The number of benzene rings is 1. The van der Waals surface area contributed by atoms with Gasteiger partial charge in [0.05, 0.1) is 0 Å². The van der Waals surface area contributed by atoms with E-state index in [1.165, 1.54) is 5.56 Å². The van der Waals surface area contributed by atoms with Crippen LogP contribution in [0.1, 0.15) is 5.56 Å². The highest BCUT2D eigenvalue weighted by atomic mass is 28.4. The van der Waals surface area contributed by atoms with E-state index in [2.05, 4.69) is 48.8 Å². The molecule has 0 fully saturated rings. The van der Waals surface area contributed by atoms with E-state index in [9.17, 15) is 0 Å². The Kier molecular flexibility index (Phi) is 6.47. The minimum absolute atomic E-state index is 0.848. The monoisotopic (exact) mass is 261 g/mol. The Balaban J connectivity index is 2.19. The fraction of sp³-hybridized carbons (Fsp3) is 0.333. The summed E-state index contributed by atoms with van der Waals surface area (Å²) in [4.78, 5) is 0. The third kappa shape index (κ3) is 6.42. The van der Waals surface area contributed by atoms with Gasteiger partial charge in [0.1, 0.15) is 0 Å². The molecule has 0 radical (unpaired) electrons. The molecule has 18 heavy (non-hydrogen) atoms. The third-order valence-corrected chi connectivity index (χ3v) is 5.07. The highest BCUT2D eigenvalue weighted by molar-refractivity contribution is 6.71. The molecule has 3 heteroatoms. The van der Waals surface area contributed by atoms with E-state index in [1.807, 2.05) is 24.4 Å².